The second-order valence-electron chi connectivity index (χ2n) is 6.55. The lowest BCUT2D eigenvalue weighted by Gasteiger charge is -2.04. The molecule has 0 aliphatic rings. The monoisotopic (exact) mass is 453 g/mol. The molecule has 152 valence electrons. The number of hydrogen-bond donors (Lipinski definition) is 0. The summed E-state index contributed by atoms with van der Waals surface area (Å²) in [5.74, 6) is 1.62. The van der Waals surface area contributed by atoms with E-state index < -0.39 is 0 Å². The summed E-state index contributed by atoms with van der Waals surface area (Å²) in [6.45, 7) is 13.0. The lowest BCUT2D eigenvalue weighted by Crippen LogP contribution is -1.85. The van der Waals surface area contributed by atoms with Crippen LogP contribution in [0.4, 0.5) is 0 Å². The zero-order chi connectivity index (χ0) is 21.8. The molecule has 1 aromatic heterocycles. The first kappa shape index (κ1) is 24.3. The fourth-order valence-corrected chi connectivity index (χ4v) is 2.52. The van der Waals surface area contributed by atoms with Crippen molar-refractivity contribution < 1.29 is 9.53 Å². The molecule has 0 atom stereocenters. The van der Waals surface area contributed by atoms with Gasteiger partial charge in [0, 0.05) is 10.2 Å². The van der Waals surface area contributed by atoms with Crippen LogP contribution in [0.3, 0.4) is 0 Å². The normalized spacial score (nSPS) is 9.31. The van der Waals surface area contributed by atoms with Gasteiger partial charge >= 0.3 is 0 Å². The summed E-state index contributed by atoms with van der Waals surface area (Å²) in [5, 5.41) is 0. The third-order valence-corrected chi connectivity index (χ3v) is 4.78. The van der Waals surface area contributed by atoms with Crippen LogP contribution in [0.5, 0.6) is 11.5 Å². The van der Waals surface area contributed by atoms with Crippen molar-refractivity contribution in [1.82, 2.24) is 4.98 Å². The zero-order valence-corrected chi connectivity index (χ0v) is 19.3. The highest BCUT2D eigenvalue weighted by atomic mass is 79.9. The second kappa shape index (κ2) is 12.7. The summed E-state index contributed by atoms with van der Waals surface area (Å²) in [7, 11) is 0. The number of allylic oxidation sites excluding steroid dienone is 1. The maximum atomic E-state index is 9.69. The van der Waals surface area contributed by atoms with Crippen LogP contribution in [0.1, 0.15) is 29.3 Å². The zero-order valence-electron chi connectivity index (χ0n) is 17.7. The summed E-state index contributed by atoms with van der Waals surface area (Å²) in [4.78, 5) is 13.8. The average molecular weight is 454 g/mol. The Morgan fingerprint density at radius 2 is 1.52 bits per heavy atom. The third kappa shape index (κ3) is 9.86. The molecule has 0 aliphatic carbocycles. The minimum atomic E-state index is 0.0185. The Kier molecular flexibility index (Phi) is 10.6. The van der Waals surface area contributed by atoms with E-state index in [0.29, 0.717) is 0 Å². The smallest absolute Gasteiger partial charge is 0.152 e. The Morgan fingerprint density at radius 3 is 2.00 bits per heavy atom. The Hall–Kier alpha value is -2.72. The Bertz CT molecular complexity index is 869. The minimum absolute atomic E-state index is 0.0185. The number of pyridine rings is 1. The third-order valence-electron chi connectivity index (χ3n) is 3.93. The fourth-order valence-electron chi connectivity index (χ4n) is 2.06. The van der Waals surface area contributed by atoms with Gasteiger partial charge in [-0.15, -0.1) is 0 Å². The maximum Gasteiger partial charge on any atom is 0.152 e. The van der Waals surface area contributed by atoms with Crippen LogP contribution in [-0.2, 0) is 4.79 Å². The number of benzene rings is 2. The first-order chi connectivity index (χ1) is 13.7. The SMILES string of the molecule is C=CC(C)=O.Cc1cc(C)c(Br)cc1C.Cc1ccc(Oc2ccccc2)cn1. The van der Waals surface area contributed by atoms with E-state index in [0.717, 1.165) is 17.2 Å². The van der Waals surface area contributed by atoms with Gasteiger partial charge in [0.1, 0.15) is 11.5 Å². The van der Waals surface area contributed by atoms with Crippen LogP contribution >= 0.6 is 15.9 Å². The predicted molar refractivity (Wildman–Crippen MR) is 125 cm³/mol. The van der Waals surface area contributed by atoms with E-state index in [1.807, 2.05) is 49.4 Å². The van der Waals surface area contributed by atoms with Crippen molar-refractivity contribution in [3.05, 3.63) is 100 Å². The summed E-state index contributed by atoms with van der Waals surface area (Å²) in [6, 6.07) is 17.9. The molecule has 0 saturated carbocycles. The first-order valence-corrected chi connectivity index (χ1v) is 10.0. The van der Waals surface area contributed by atoms with Gasteiger partial charge in [-0.3, -0.25) is 9.78 Å². The molecule has 0 saturated heterocycles. The van der Waals surface area contributed by atoms with Gasteiger partial charge in [0.25, 0.3) is 0 Å². The number of ether oxygens (including phenoxy) is 1. The number of aromatic nitrogens is 1. The number of halogens is 1. The van der Waals surface area contributed by atoms with Gasteiger partial charge < -0.3 is 4.74 Å². The topological polar surface area (TPSA) is 39.2 Å². The second-order valence-corrected chi connectivity index (χ2v) is 7.41. The molecule has 0 bridgehead atoms. The number of carbonyl (C=O) groups is 1. The van der Waals surface area contributed by atoms with Gasteiger partial charge in [-0.2, -0.15) is 0 Å². The van der Waals surface area contributed by atoms with Crippen LogP contribution in [0.25, 0.3) is 0 Å². The van der Waals surface area contributed by atoms with Crippen LogP contribution in [-0.4, -0.2) is 10.8 Å². The molecular formula is C25H28BrNO2. The molecule has 0 fully saturated rings. The molecule has 1 heterocycles. The van der Waals surface area contributed by atoms with E-state index in [1.165, 1.54) is 34.2 Å². The molecule has 0 aliphatic heterocycles. The van der Waals surface area contributed by atoms with Crippen molar-refractivity contribution in [3.8, 4) is 11.5 Å². The molecule has 3 nitrogen and oxygen atoms in total. The number of aryl methyl sites for hydroxylation is 4. The number of rotatable bonds is 3. The number of carbonyl (C=O) groups excluding carboxylic acids is 1. The lowest BCUT2D eigenvalue weighted by atomic mass is 10.1. The molecule has 0 radical (unpaired) electrons. The molecule has 0 spiro atoms. The van der Waals surface area contributed by atoms with Crippen molar-refractivity contribution in [2.75, 3.05) is 0 Å². The Balaban J connectivity index is 0.000000245. The Labute approximate surface area is 182 Å². The van der Waals surface area contributed by atoms with Crippen LogP contribution in [0, 0.1) is 27.7 Å². The number of para-hydroxylation sites is 1. The van der Waals surface area contributed by atoms with Gasteiger partial charge in [-0.25, -0.2) is 0 Å². The summed E-state index contributed by atoms with van der Waals surface area (Å²) in [5.41, 5.74) is 5.01. The van der Waals surface area contributed by atoms with Crippen LogP contribution in [0.15, 0.2) is 77.9 Å². The van der Waals surface area contributed by atoms with E-state index in [9.17, 15) is 4.79 Å². The fraction of sp³-hybridized carbons (Fsp3) is 0.200. The molecule has 2 aromatic carbocycles. The first-order valence-electron chi connectivity index (χ1n) is 9.24. The highest BCUT2D eigenvalue weighted by Gasteiger charge is 1.97. The summed E-state index contributed by atoms with van der Waals surface area (Å²) >= 11 is 3.48. The lowest BCUT2D eigenvalue weighted by molar-refractivity contribution is -0.112. The largest absolute Gasteiger partial charge is 0.456 e. The van der Waals surface area contributed by atoms with Crippen molar-refractivity contribution in [1.29, 1.82) is 0 Å². The summed E-state index contributed by atoms with van der Waals surface area (Å²) < 4.78 is 6.78. The maximum absolute atomic E-state index is 9.69. The number of hydrogen-bond acceptors (Lipinski definition) is 3. The molecule has 0 N–H and O–H groups in total. The quantitative estimate of drug-likeness (QED) is 0.389. The van der Waals surface area contributed by atoms with E-state index in [-0.39, 0.29) is 5.78 Å². The van der Waals surface area contributed by atoms with Crippen molar-refractivity contribution >= 4 is 21.7 Å². The van der Waals surface area contributed by atoms with Gasteiger partial charge in [-0.1, -0.05) is 46.8 Å². The van der Waals surface area contributed by atoms with Crippen LogP contribution < -0.4 is 4.74 Å². The van der Waals surface area contributed by atoms with E-state index in [1.54, 1.807) is 6.20 Å². The van der Waals surface area contributed by atoms with Gasteiger partial charge in [0.15, 0.2) is 5.78 Å². The standard InChI is InChI=1S/C12H11NO.C9H11Br.C4H6O/c1-10-7-8-12(9-13-10)14-11-5-3-2-4-6-11;1-6-4-8(3)9(10)5-7(6)2;1-3-4(2)5/h2-9H,1H3;4-5H,1-3H3;3H,1H2,2H3. The van der Waals surface area contributed by atoms with Crippen molar-refractivity contribution in [2.45, 2.75) is 34.6 Å². The molecule has 29 heavy (non-hydrogen) atoms. The molecule has 0 unspecified atom stereocenters. The number of nitrogens with zero attached hydrogens (tertiary/aromatic N) is 1. The molecule has 3 aromatic rings. The average Bonchev–Trinajstić information content (AvgIpc) is 2.70. The van der Waals surface area contributed by atoms with Crippen LogP contribution in [0.2, 0.25) is 0 Å². The highest BCUT2D eigenvalue weighted by molar-refractivity contribution is 9.10. The predicted octanol–water partition coefficient (Wildman–Crippen LogP) is 7.32. The molecule has 4 heteroatoms. The molecule has 3 rings (SSSR count). The van der Waals surface area contributed by atoms with Crippen molar-refractivity contribution in [2.24, 2.45) is 0 Å². The Morgan fingerprint density at radius 1 is 0.931 bits per heavy atom. The van der Waals surface area contributed by atoms with E-state index in [2.05, 4.69) is 60.4 Å². The number of ketones is 1. The van der Waals surface area contributed by atoms with E-state index in [4.69, 9.17) is 4.74 Å². The summed E-state index contributed by atoms with van der Waals surface area (Å²) in [6.07, 6.45) is 3.00. The van der Waals surface area contributed by atoms with E-state index >= 15 is 0 Å². The molecular weight excluding hydrogens is 426 g/mol. The highest BCUT2D eigenvalue weighted by Crippen LogP contribution is 2.20. The van der Waals surface area contributed by atoms with Gasteiger partial charge in [-0.05, 0) is 87.7 Å². The van der Waals surface area contributed by atoms with Crippen molar-refractivity contribution in [3.63, 3.8) is 0 Å². The molecule has 0 amide bonds. The van der Waals surface area contributed by atoms with Gasteiger partial charge in [0.2, 0.25) is 0 Å². The van der Waals surface area contributed by atoms with Gasteiger partial charge in [0.05, 0.1) is 6.20 Å². The minimum Gasteiger partial charge on any atom is -0.456 e.